The van der Waals surface area contributed by atoms with Gasteiger partial charge in [-0.25, -0.2) is 15.0 Å². The van der Waals surface area contributed by atoms with Crippen molar-refractivity contribution in [3.63, 3.8) is 0 Å². The highest BCUT2D eigenvalue weighted by Crippen LogP contribution is 2.51. The summed E-state index contributed by atoms with van der Waals surface area (Å²) in [7, 11) is 0. The van der Waals surface area contributed by atoms with Gasteiger partial charge in [0.05, 0.1) is 16.6 Å². The van der Waals surface area contributed by atoms with Gasteiger partial charge in [0, 0.05) is 50.5 Å². The van der Waals surface area contributed by atoms with Crippen molar-refractivity contribution < 1.29 is 4.42 Å². The first-order valence-corrected chi connectivity index (χ1v) is 20.2. The average Bonchev–Trinajstić information content (AvgIpc) is 3.80. The van der Waals surface area contributed by atoms with Gasteiger partial charge in [-0.3, -0.25) is 9.97 Å². The highest BCUT2D eigenvalue weighted by atomic mass is 16.3. The van der Waals surface area contributed by atoms with Gasteiger partial charge in [-0.05, 0) is 93.0 Å². The van der Waals surface area contributed by atoms with Crippen LogP contribution in [0.4, 0.5) is 0 Å². The van der Waals surface area contributed by atoms with Gasteiger partial charge >= 0.3 is 0 Å². The lowest BCUT2D eigenvalue weighted by Crippen LogP contribution is -2.15. The van der Waals surface area contributed by atoms with Crippen molar-refractivity contribution in [3.8, 4) is 67.5 Å². The molecule has 60 heavy (non-hydrogen) atoms. The Morgan fingerprint density at radius 3 is 1.73 bits per heavy atom. The Hall–Kier alpha value is -7.83. The average molecular weight is 770 g/mol. The van der Waals surface area contributed by atoms with Crippen molar-refractivity contribution in [2.75, 3.05) is 0 Å². The van der Waals surface area contributed by atoms with Gasteiger partial charge in [0.2, 0.25) is 0 Å². The van der Waals surface area contributed by atoms with Crippen LogP contribution in [0.5, 0.6) is 0 Å². The molecule has 6 nitrogen and oxygen atoms in total. The van der Waals surface area contributed by atoms with Gasteiger partial charge in [0.1, 0.15) is 11.2 Å². The number of hydrogen-bond acceptors (Lipinski definition) is 6. The van der Waals surface area contributed by atoms with Crippen molar-refractivity contribution in [1.29, 1.82) is 0 Å². The van der Waals surface area contributed by atoms with Crippen LogP contribution < -0.4 is 0 Å². The molecule has 11 aromatic rings. The third kappa shape index (κ3) is 5.31. The Labute approximate surface area is 345 Å². The van der Waals surface area contributed by atoms with E-state index in [0.29, 0.717) is 17.5 Å². The summed E-state index contributed by atoms with van der Waals surface area (Å²) in [5.41, 5.74) is 15.4. The summed E-state index contributed by atoms with van der Waals surface area (Å²) in [6.45, 7) is 4.68. The molecule has 4 heterocycles. The molecule has 0 radical (unpaired) electrons. The molecule has 0 spiro atoms. The lowest BCUT2D eigenvalue weighted by atomic mass is 9.80. The number of nitrogens with zero attached hydrogens (tertiary/aromatic N) is 5. The van der Waals surface area contributed by atoms with Gasteiger partial charge < -0.3 is 4.42 Å². The first kappa shape index (κ1) is 34.2. The molecule has 1 aliphatic carbocycles. The van der Waals surface area contributed by atoms with Gasteiger partial charge in [-0.2, -0.15) is 0 Å². The molecule has 0 bridgehead atoms. The molecule has 1 aliphatic rings. The topological polar surface area (TPSA) is 77.6 Å². The molecule has 6 heteroatoms. The number of aromatic nitrogens is 5. The van der Waals surface area contributed by atoms with Crippen LogP contribution in [0.25, 0.3) is 111 Å². The predicted octanol–water partition coefficient (Wildman–Crippen LogP) is 13.5. The zero-order valence-corrected chi connectivity index (χ0v) is 32.9. The normalized spacial score (nSPS) is 13.0. The van der Waals surface area contributed by atoms with Crippen LogP contribution in [0, 0.1) is 0 Å². The fourth-order valence-electron chi connectivity index (χ4n) is 9.19. The van der Waals surface area contributed by atoms with E-state index in [1.54, 1.807) is 0 Å². The summed E-state index contributed by atoms with van der Waals surface area (Å²) in [5, 5.41) is 4.24. The molecule has 0 saturated heterocycles. The molecule has 0 saturated carbocycles. The first-order chi connectivity index (χ1) is 29.5. The molecular formula is C54H35N5O. The minimum Gasteiger partial charge on any atom is -0.455 e. The predicted molar refractivity (Wildman–Crippen MR) is 242 cm³/mol. The number of benzene rings is 7. The highest BCUT2D eigenvalue weighted by molar-refractivity contribution is 6.12. The Balaban J connectivity index is 1.02. The number of fused-ring (bicyclic) bond motifs is 9. The second-order valence-electron chi connectivity index (χ2n) is 16.1. The van der Waals surface area contributed by atoms with Crippen LogP contribution in [0.1, 0.15) is 25.0 Å². The number of rotatable bonds is 5. The van der Waals surface area contributed by atoms with E-state index < -0.39 is 0 Å². The second-order valence-corrected chi connectivity index (χ2v) is 16.1. The molecule has 0 unspecified atom stereocenters. The molecule has 0 aliphatic heterocycles. The SMILES string of the molecule is CC1(C)c2cc(-c3cc(-c4nc(-c5ccccc5)nc(-c5ccccc5)n4)c4oc5ccccc5c4c3)ccc2-c2ccc(-c3cc4cccnc4c4ncccc34)cc21. The Kier molecular flexibility index (Phi) is 7.47. The van der Waals surface area contributed by atoms with Crippen LogP contribution in [0.15, 0.2) is 181 Å². The molecule has 4 aromatic heterocycles. The summed E-state index contributed by atoms with van der Waals surface area (Å²) in [5.74, 6) is 1.77. The summed E-state index contributed by atoms with van der Waals surface area (Å²) >= 11 is 0. The van der Waals surface area contributed by atoms with Crippen molar-refractivity contribution in [2.24, 2.45) is 0 Å². The number of para-hydroxylation sites is 1. The lowest BCUT2D eigenvalue weighted by molar-refractivity contribution is 0.661. The van der Waals surface area contributed by atoms with Gasteiger partial charge in [-0.1, -0.05) is 129 Å². The van der Waals surface area contributed by atoms with E-state index in [2.05, 4.69) is 92.7 Å². The van der Waals surface area contributed by atoms with E-state index in [4.69, 9.17) is 29.3 Å². The zero-order valence-electron chi connectivity index (χ0n) is 32.9. The lowest BCUT2D eigenvalue weighted by Gasteiger charge is -2.23. The standard InChI is InChI=1S/C54H35N5O/c1-54(2)45-30-34(21-23-38(45)39-24-22-35(31-46(39)54)42-27-36-17-11-25-55-48(36)49-41(42)19-12-26-56-49)37-28-43-40-18-9-10-20-47(40)60-50(43)44(29-37)53-58-51(32-13-5-3-6-14-32)57-52(59-53)33-15-7-4-8-16-33/h3-31H,1-2H3. The van der Waals surface area contributed by atoms with Crippen LogP contribution in [0.3, 0.4) is 0 Å². The van der Waals surface area contributed by atoms with Crippen molar-refractivity contribution in [2.45, 2.75) is 19.3 Å². The minimum atomic E-state index is -0.262. The van der Waals surface area contributed by atoms with Crippen LogP contribution in [-0.4, -0.2) is 24.9 Å². The highest BCUT2D eigenvalue weighted by Gasteiger charge is 2.36. The summed E-state index contributed by atoms with van der Waals surface area (Å²) in [6, 6.07) is 57.2. The van der Waals surface area contributed by atoms with Crippen LogP contribution in [-0.2, 0) is 5.41 Å². The zero-order chi connectivity index (χ0) is 40.0. The maximum Gasteiger partial charge on any atom is 0.167 e. The van der Waals surface area contributed by atoms with Gasteiger partial charge in [0.15, 0.2) is 17.5 Å². The summed E-state index contributed by atoms with van der Waals surface area (Å²) in [6.07, 6.45) is 3.69. The molecule has 0 atom stereocenters. The fraction of sp³-hybridized carbons (Fsp3) is 0.0556. The fourth-order valence-corrected chi connectivity index (χ4v) is 9.19. The third-order valence-electron chi connectivity index (χ3n) is 12.2. The van der Waals surface area contributed by atoms with E-state index in [0.717, 1.165) is 77.1 Å². The number of pyridine rings is 2. The van der Waals surface area contributed by atoms with Gasteiger partial charge in [-0.15, -0.1) is 0 Å². The van der Waals surface area contributed by atoms with E-state index in [9.17, 15) is 0 Å². The van der Waals surface area contributed by atoms with Gasteiger partial charge in [0.25, 0.3) is 0 Å². The Morgan fingerprint density at radius 1 is 0.400 bits per heavy atom. The van der Waals surface area contributed by atoms with Crippen molar-refractivity contribution in [1.82, 2.24) is 24.9 Å². The third-order valence-corrected chi connectivity index (χ3v) is 12.2. The van der Waals surface area contributed by atoms with Crippen molar-refractivity contribution >= 4 is 43.7 Å². The molecular weight excluding hydrogens is 735 g/mol. The Bertz CT molecular complexity index is 3460. The van der Waals surface area contributed by atoms with Crippen LogP contribution in [0.2, 0.25) is 0 Å². The quantitative estimate of drug-likeness (QED) is 0.162. The van der Waals surface area contributed by atoms with E-state index in [1.165, 1.54) is 27.8 Å². The van der Waals surface area contributed by atoms with E-state index in [-0.39, 0.29) is 5.41 Å². The number of hydrogen-bond donors (Lipinski definition) is 0. The monoisotopic (exact) mass is 769 g/mol. The largest absolute Gasteiger partial charge is 0.455 e. The Morgan fingerprint density at radius 2 is 1.00 bits per heavy atom. The maximum absolute atomic E-state index is 6.66. The minimum absolute atomic E-state index is 0.262. The molecule has 0 amide bonds. The maximum atomic E-state index is 6.66. The van der Waals surface area contributed by atoms with E-state index >= 15 is 0 Å². The van der Waals surface area contributed by atoms with Crippen LogP contribution >= 0.6 is 0 Å². The molecule has 0 fully saturated rings. The smallest absolute Gasteiger partial charge is 0.167 e. The molecule has 0 N–H and O–H groups in total. The summed E-state index contributed by atoms with van der Waals surface area (Å²) < 4.78 is 6.66. The second kappa shape index (κ2) is 13.1. The summed E-state index contributed by atoms with van der Waals surface area (Å²) in [4.78, 5) is 24.7. The molecule has 7 aromatic carbocycles. The van der Waals surface area contributed by atoms with E-state index in [1.807, 2.05) is 97.3 Å². The van der Waals surface area contributed by atoms with Crippen molar-refractivity contribution in [3.05, 3.63) is 187 Å². The number of furan rings is 1. The molecule has 282 valence electrons. The molecule has 12 rings (SSSR count). The first-order valence-electron chi connectivity index (χ1n) is 20.2.